The van der Waals surface area contributed by atoms with Crippen molar-refractivity contribution < 1.29 is 27.8 Å². The van der Waals surface area contributed by atoms with Gasteiger partial charge in [-0.25, -0.2) is 13.8 Å². The van der Waals surface area contributed by atoms with Crippen LogP contribution < -0.4 is 24.8 Å². The van der Waals surface area contributed by atoms with Gasteiger partial charge < -0.3 is 19.5 Å². The normalized spacial score (nSPS) is 11.0. The number of methoxy groups -OCH3 is 3. The first-order valence-corrected chi connectivity index (χ1v) is 9.72. The number of amides is 1. The molecule has 172 valence electrons. The fourth-order valence-electron chi connectivity index (χ4n) is 2.88. The molecule has 0 saturated heterocycles. The molecule has 0 spiro atoms. The van der Waals surface area contributed by atoms with Crippen molar-refractivity contribution in [1.29, 1.82) is 0 Å². The van der Waals surface area contributed by atoms with E-state index < -0.39 is 17.5 Å². The van der Waals surface area contributed by atoms with E-state index in [9.17, 15) is 13.6 Å². The third kappa shape index (κ3) is 5.94. The fraction of sp³-hybridized carbons (Fsp3) is 0.174. The predicted molar refractivity (Wildman–Crippen MR) is 119 cm³/mol. The number of nitrogens with zero attached hydrogens (tertiary/aromatic N) is 2. The fourth-order valence-corrected chi connectivity index (χ4v) is 2.88. The van der Waals surface area contributed by atoms with Crippen LogP contribution in [0.4, 0.5) is 14.5 Å². The maximum atomic E-state index is 13.6. The summed E-state index contributed by atoms with van der Waals surface area (Å²) in [7, 11) is 4.44. The van der Waals surface area contributed by atoms with Gasteiger partial charge in [-0.1, -0.05) is 0 Å². The predicted octanol–water partition coefficient (Wildman–Crippen LogP) is 3.78. The lowest BCUT2D eigenvalue weighted by molar-refractivity contribution is 0.0976. The molecule has 0 aliphatic carbocycles. The first-order chi connectivity index (χ1) is 15.9. The lowest BCUT2D eigenvalue weighted by Gasteiger charge is -2.16. The van der Waals surface area contributed by atoms with Gasteiger partial charge in [0.1, 0.15) is 0 Å². The van der Waals surface area contributed by atoms with Crippen molar-refractivity contribution in [2.24, 2.45) is 4.99 Å². The summed E-state index contributed by atoms with van der Waals surface area (Å²) < 4.78 is 42.8. The number of hydrogen-bond acceptors (Lipinski definition) is 6. The largest absolute Gasteiger partial charge is 0.493 e. The Morgan fingerprint density at radius 2 is 1.61 bits per heavy atom. The van der Waals surface area contributed by atoms with E-state index in [1.54, 1.807) is 36.7 Å². The Kier molecular flexibility index (Phi) is 7.74. The zero-order valence-electron chi connectivity index (χ0n) is 18.2. The number of hydrogen-bond donors (Lipinski definition) is 2. The number of benzene rings is 2. The molecule has 10 heteroatoms. The van der Waals surface area contributed by atoms with E-state index in [0.717, 1.165) is 17.7 Å². The molecular weight excluding hydrogens is 434 g/mol. The number of guanidine groups is 1. The van der Waals surface area contributed by atoms with E-state index in [4.69, 9.17) is 14.2 Å². The van der Waals surface area contributed by atoms with Crippen molar-refractivity contribution >= 4 is 17.6 Å². The van der Waals surface area contributed by atoms with Crippen LogP contribution in [0.2, 0.25) is 0 Å². The molecule has 3 rings (SSSR count). The van der Waals surface area contributed by atoms with Gasteiger partial charge in [-0.2, -0.15) is 0 Å². The Bertz CT molecular complexity index is 1130. The highest BCUT2D eigenvalue weighted by Crippen LogP contribution is 2.39. The third-order valence-electron chi connectivity index (χ3n) is 4.51. The Balaban J connectivity index is 1.91. The second-order valence-electron chi connectivity index (χ2n) is 6.64. The summed E-state index contributed by atoms with van der Waals surface area (Å²) in [5, 5.41) is 5.58. The molecule has 0 aliphatic heterocycles. The molecule has 3 aromatic rings. The number of pyridine rings is 1. The summed E-state index contributed by atoms with van der Waals surface area (Å²) in [4.78, 5) is 21.0. The van der Waals surface area contributed by atoms with E-state index in [0.29, 0.717) is 22.9 Å². The number of anilines is 1. The zero-order chi connectivity index (χ0) is 23.8. The van der Waals surface area contributed by atoms with Crippen LogP contribution in [0.5, 0.6) is 17.2 Å². The number of rotatable bonds is 7. The molecule has 33 heavy (non-hydrogen) atoms. The number of ether oxygens (including phenoxy) is 3. The average Bonchev–Trinajstić information content (AvgIpc) is 2.84. The highest BCUT2D eigenvalue weighted by molar-refractivity contribution is 6.10. The van der Waals surface area contributed by atoms with Crippen molar-refractivity contribution in [3.05, 3.63) is 77.6 Å². The van der Waals surface area contributed by atoms with Crippen LogP contribution >= 0.6 is 0 Å². The number of carbonyl (C=O) groups is 1. The van der Waals surface area contributed by atoms with E-state index in [-0.39, 0.29) is 18.1 Å². The van der Waals surface area contributed by atoms with Crippen LogP contribution in [0.3, 0.4) is 0 Å². The van der Waals surface area contributed by atoms with Gasteiger partial charge in [0.2, 0.25) is 11.7 Å². The number of nitrogens with one attached hydrogen (secondary N) is 2. The summed E-state index contributed by atoms with van der Waals surface area (Å²) in [6, 6.07) is 9.68. The summed E-state index contributed by atoms with van der Waals surface area (Å²) >= 11 is 0. The van der Waals surface area contributed by atoms with E-state index in [1.807, 2.05) is 0 Å². The molecule has 2 N–H and O–H groups in total. The molecule has 1 aromatic heterocycles. The smallest absolute Gasteiger partial charge is 0.258 e. The second kappa shape index (κ2) is 10.9. The number of carbonyl (C=O) groups excluding carboxylic acids is 1. The van der Waals surface area contributed by atoms with Gasteiger partial charge in [0.15, 0.2) is 23.1 Å². The molecule has 0 atom stereocenters. The molecule has 1 heterocycles. The van der Waals surface area contributed by atoms with Crippen LogP contribution in [-0.2, 0) is 6.54 Å². The van der Waals surface area contributed by atoms with Crippen molar-refractivity contribution in [3.63, 3.8) is 0 Å². The van der Waals surface area contributed by atoms with Crippen LogP contribution in [0, 0.1) is 11.6 Å². The SMILES string of the molecule is COc1cc(NC(=NCc2ccncc2)NC(=O)c2ccc(F)c(F)c2)cc(OC)c1OC. The lowest BCUT2D eigenvalue weighted by atomic mass is 10.2. The summed E-state index contributed by atoms with van der Waals surface area (Å²) in [6.45, 7) is 0.216. The number of aliphatic imine (C=N–C) groups is 1. The van der Waals surface area contributed by atoms with E-state index >= 15 is 0 Å². The highest BCUT2D eigenvalue weighted by atomic mass is 19.2. The van der Waals surface area contributed by atoms with Crippen LogP contribution in [0.15, 0.2) is 59.9 Å². The quantitative estimate of drug-likeness (QED) is 0.415. The standard InChI is InChI=1S/C23H22F2N4O4/c1-31-19-11-16(12-20(32-2)21(19)33-3)28-23(27-13-14-6-8-26-9-7-14)29-22(30)15-4-5-17(24)18(25)10-15/h4-12H,13H2,1-3H3,(H2,27,28,29,30). The highest BCUT2D eigenvalue weighted by Gasteiger charge is 2.16. The van der Waals surface area contributed by atoms with Gasteiger partial charge in [0, 0.05) is 35.8 Å². The Labute approximate surface area is 189 Å². The van der Waals surface area contributed by atoms with Gasteiger partial charge in [-0.3, -0.25) is 15.1 Å². The molecular formula is C23H22F2N4O4. The Morgan fingerprint density at radius 1 is 0.939 bits per heavy atom. The van der Waals surface area contributed by atoms with Crippen LogP contribution in [0.1, 0.15) is 15.9 Å². The van der Waals surface area contributed by atoms with E-state index in [2.05, 4.69) is 20.6 Å². The van der Waals surface area contributed by atoms with Crippen molar-refractivity contribution in [2.45, 2.75) is 6.54 Å². The maximum absolute atomic E-state index is 13.6. The molecule has 0 bridgehead atoms. The molecule has 8 nitrogen and oxygen atoms in total. The van der Waals surface area contributed by atoms with Gasteiger partial charge in [0.25, 0.3) is 5.91 Å². The third-order valence-corrected chi connectivity index (χ3v) is 4.51. The molecule has 0 fully saturated rings. The molecule has 0 saturated carbocycles. The zero-order valence-corrected chi connectivity index (χ0v) is 18.2. The van der Waals surface area contributed by atoms with Crippen molar-refractivity contribution in [2.75, 3.05) is 26.6 Å². The van der Waals surface area contributed by atoms with Gasteiger partial charge in [0.05, 0.1) is 27.9 Å². The molecule has 1 amide bonds. The van der Waals surface area contributed by atoms with Crippen LogP contribution in [0.25, 0.3) is 0 Å². The van der Waals surface area contributed by atoms with Gasteiger partial charge in [-0.05, 0) is 35.9 Å². The molecule has 0 aliphatic rings. The summed E-state index contributed by atoms with van der Waals surface area (Å²) in [5.74, 6) is -1.62. The molecule has 2 aromatic carbocycles. The first-order valence-electron chi connectivity index (χ1n) is 9.72. The van der Waals surface area contributed by atoms with E-state index in [1.165, 1.54) is 27.4 Å². The Hall–Kier alpha value is -4.21. The monoisotopic (exact) mass is 456 g/mol. The van der Waals surface area contributed by atoms with Crippen molar-refractivity contribution in [1.82, 2.24) is 10.3 Å². The Morgan fingerprint density at radius 3 is 2.18 bits per heavy atom. The van der Waals surface area contributed by atoms with Crippen LogP contribution in [-0.4, -0.2) is 38.2 Å². The molecule has 0 radical (unpaired) electrons. The minimum atomic E-state index is -1.13. The topological polar surface area (TPSA) is 94.1 Å². The second-order valence-corrected chi connectivity index (χ2v) is 6.64. The lowest BCUT2D eigenvalue weighted by Crippen LogP contribution is -2.36. The maximum Gasteiger partial charge on any atom is 0.258 e. The number of halogens is 2. The van der Waals surface area contributed by atoms with Gasteiger partial charge in [-0.15, -0.1) is 0 Å². The summed E-state index contributed by atoms with van der Waals surface area (Å²) in [5.41, 5.74) is 1.25. The number of aromatic nitrogens is 1. The average molecular weight is 456 g/mol. The van der Waals surface area contributed by atoms with Crippen molar-refractivity contribution in [3.8, 4) is 17.2 Å². The summed E-state index contributed by atoms with van der Waals surface area (Å²) in [6.07, 6.45) is 3.24. The minimum absolute atomic E-state index is 0.0656. The van der Waals surface area contributed by atoms with Gasteiger partial charge >= 0.3 is 0 Å². The minimum Gasteiger partial charge on any atom is -0.493 e. The molecule has 0 unspecified atom stereocenters. The first kappa shape index (κ1) is 23.5.